The lowest BCUT2D eigenvalue weighted by Crippen LogP contribution is -2.26. The van der Waals surface area contributed by atoms with Crippen LogP contribution >= 0.6 is 45.3 Å². The summed E-state index contributed by atoms with van der Waals surface area (Å²) in [6.45, 7) is 5.96. The summed E-state index contributed by atoms with van der Waals surface area (Å²) in [4.78, 5) is 17.6. The lowest BCUT2D eigenvalue weighted by Gasteiger charge is -2.12. The topological polar surface area (TPSA) is 42.0 Å². The number of amides is 1. The van der Waals surface area contributed by atoms with Crippen LogP contribution in [0.1, 0.15) is 38.9 Å². The fourth-order valence-electron chi connectivity index (χ4n) is 1.72. The Morgan fingerprint density at radius 3 is 2.72 bits per heavy atom. The third kappa shape index (κ3) is 3.10. The molecule has 6 heteroatoms. The van der Waals surface area contributed by atoms with Crippen LogP contribution in [0.3, 0.4) is 0 Å². The molecule has 2 aromatic heterocycles. The predicted octanol–water partition coefficient (Wildman–Crippen LogP) is 3.92. The van der Waals surface area contributed by atoms with E-state index in [0.717, 1.165) is 24.0 Å². The number of carbonyl (C=O) groups is 1. The van der Waals surface area contributed by atoms with Gasteiger partial charge in [-0.05, 0) is 49.4 Å². The normalized spacial score (nSPS) is 12.4. The molecule has 0 radical (unpaired) electrons. The van der Waals surface area contributed by atoms with Crippen LogP contribution in [0, 0.1) is 16.7 Å². The Labute approximate surface area is 128 Å². The van der Waals surface area contributed by atoms with Crippen LogP contribution in [-0.4, -0.2) is 10.9 Å². The van der Waals surface area contributed by atoms with Gasteiger partial charge in [-0.1, -0.05) is 0 Å². The summed E-state index contributed by atoms with van der Waals surface area (Å²) in [5.74, 6) is -0.0212. The molecule has 3 nitrogen and oxygen atoms in total. The first-order valence-corrected chi connectivity index (χ1v) is 8.23. The highest BCUT2D eigenvalue weighted by atomic mass is 127. The molecular formula is C12H13IN2OS2. The van der Waals surface area contributed by atoms with Crippen molar-refractivity contribution in [3.05, 3.63) is 35.5 Å². The summed E-state index contributed by atoms with van der Waals surface area (Å²) >= 11 is 5.44. The maximum atomic E-state index is 12.0. The van der Waals surface area contributed by atoms with Crippen LogP contribution in [0.5, 0.6) is 0 Å². The van der Waals surface area contributed by atoms with E-state index in [0.29, 0.717) is 0 Å². The van der Waals surface area contributed by atoms with Gasteiger partial charge in [-0.25, -0.2) is 4.98 Å². The minimum atomic E-state index is -0.0212. The van der Waals surface area contributed by atoms with Crippen LogP contribution in [0.25, 0.3) is 0 Å². The highest BCUT2D eigenvalue weighted by molar-refractivity contribution is 14.1. The fraction of sp³-hybridized carbons (Fsp3) is 0.333. The molecule has 0 spiro atoms. The zero-order valence-corrected chi connectivity index (χ0v) is 14.1. The largest absolute Gasteiger partial charge is 0.345 e. The molecule has 1 N–H and O–H groups in total. The zero-order chi connectivity index (χ0) is 13.3. The predicted molar refractivity (Wildman–Crippen MR) is 84.5 cm³/mol. The van der Waals surface area contributed by atoms with Crippen molar-refractivity contribution in [3.8, 4) is 0 Å². The van der Waals surface area contributed by atoms with Gasteiger partial charge in [0, 0.05) is 10.3 Å². The molecule has 96 valence electrons. The summed E-state index contributed by atoms with van der Waals surface area (Å²) in [6, 6.07) is 1.90. The molecule has 18 heavy (non-hydrogen) atoms. The Balaban J connectivity index is 2.10. The number of nitrogens with one attached hydrogen (secondary N) is 1. The van der Waals surface area contributed by atoms with Gasteiger partial charge in [0.1, 0.15) is 0 Å². The first kappa shape index (κ1) is 14.0. The summed E-state index contributed by atoms with van der Waals surface area (Å²) in [6.07, 6.45) is 0. The number of rotatable bonds is 3. The third-order valence-electron chi connectivity index (χ3n) is 2.51. The summed E-state index contributed by atoms with van der Waals surface area (Å²) in [5.41, 5.74) is 1.74. The Morgan fingerprint density at radius 2 is 2.22 bits per heavy atom. The molecule has 0 aromatic carbocycles. The second-order valence-electron chi connectivity index (χ2n) is 4.02. The Bertz CT molecular complexity index is 576. The highest BCUT2D eigenvalue weighted by Gasteiger charge is 2.16. The van der Waals surface area contributed by atoms with Crippen molar-refractivity contribution in [3.63, 3.8) is 0 Å². The molecule has 0 aliphatic heterocycles. The molecule has 2 aromatic rings. The smallest absolute Gasteiger partial charge is 0.252 e. The van der Waals surface area contributed by atoms with Gasteiger partial charge in [-0.3, -0.25) is 4.79 Å². The van der Waals surface area contributed by atoms with E-state index in [1.54, 1.807) is 22.7 Å². The molecule has 1 amide bonds. The molecule has 0 fully saturated rings. The number of thiophene rings is 1. The number of aryl methyl sites for hydroxylation is 2. The van der Waals surface area contributed by atoms with Gasteiger partial charge >= 0.3 is 0 Å². The van der Waals surface area contributed by atoms with Gasteiger partial charge in [0.25, 0.3) is 5.91 Å². The quantitative estimate of drug-likeness (QED) is 0.805. The van der Waals surface area contributed by atoms with Crippen molar-refractivity contribution >= 4 is 51.2 Å². The number of hydrogen-bond donors (Lipinski definition) is 1. The van der Waals surface area contributed by atoms with Crippen molar-refractivity contribution in [1.82, 2.24) is 10.3 Å². The van der Waals surface area contributed by atoms with E-state index in [4.69, 9.17) is 0 Å². The SMILES string of the molecule is Cc1nc(C)c(C(C)NC(=O)c2csc(I)c2)s1. The Morgan fingerprint density at radius 1 is 1.50 bits per heavy atom. The number of hydrogen-bond acceptors (Lipinski definition) is 4. The molecular weight excluding hydrogens is 379 g/mol. The van der Waals surface area contributed by atoms with Crippen LogP contribution < -0.4 is 5.32 Å². The second-order valence-corrected chi connectivity index (χ2v) is 8.06. The van der Waals surface area contributed by atoms with Gasteiger partial charge in [0.15, 0.2) is 0 Å². The summed E-state index contributed by atoms with van der Waals surface area (Å²) < 4.78 is 1.12. The lowest BCUT2D eigenvalue weighted by molar-refractivity contribution is 0.0941. The van der Waals surface area contributed by atoms with E-state index in [2.05, 4.69) is 32.9 Å². The molecule has 0 bridgehead atoms. The van der Waals surface area contributed by atoms with Crippen LogP contribution in [0.15, 0.2) is 11.4 Å². The van der Waals surface area contributed by atoms with E-state index in [-0.39, 0.29) is 11.9 Å². The van der Waals surface area contributed by atoms with Gasteiger partial charge in [0.2, 0.25) is 0 Å². The Hall–Kier alpha value is -0.470. The highest BCUT2D eigenvalue weighted by Crippen LogP contribution is 2.25. The molecule has 0 saturated heterocycles. The monoisotopic (exact) mass is 392 g/mol. The van der Waals surface area contributed by atoms with Gasteiger partial charge in [-0.15, -0.1) is 22.7 Å². The molecule has 2 rings (SSSR count). The standard InChI is InChI=1S/C12H13IN2OS2/c1-6-11(18-8(3)14-6)7(2)15-12(16)9-4-10(13)17-5-9/h4-5,7H,1-3H3,(H,15,16). The molecule has 1 atom stereocenters. The maximum absolute atomic E-state index is 12.0. The van der Waals surface area contributed by atoms with Crippen LogP contribution in [-0.2, 0) is 0 Å². The molecule has 0 aliphatic carbocycles. The van der Waals surface area contributed by atoms with Gasteiger partial charge < -0.3 is 5.32 Å². The molecule has 0 aliphatic rings. The van der Waals surface area contributed by atoms with Crippen molar-refractivity contribution in [2.45, 2.75) is 26.8 Å². The first-order chi connectivity index (χ1) is 8.47. The average molecular weight is 392 g/mol. The van der Waals surface area contributed by atoms with Gasteiger partial charge in [-0.2, -0.15) is 0 Å². The third-order valence-corrected chi connectivity index (χ3v) is 5.55. The second kappa shape index (κ2) is 5.66. The zero-order valence-electron chi connectivity index (χ0n) is 10.3. The van der Waals surface area contributed by atoms with Crippen molar-refractivity contribution in [2.24, 2.45) is 0 Å². The van der Waals surface area contributed by atoms with E-state index in [1.807, 2.05) is 32.2 Å². The minimum absolute atomic E-state index is 0.00117. The number of carbonyl (C=O) groups excluding carboxylic acids is 1. The van der Waals surface area contributed by atoms with E-state index < -0.39 is 0 Å². The van der Waals surface area contributed by atoms with E-state index >= 15 is 0 Å². The number of halogens is 1. The fourth-order valence-corrected chi connectivity index (χ4v) is 3.98. The number of thiazole rings is 1. The molecule has 1 unspecified atom stereocenters. The van der Waals surface area contributed by atoms with Crippen molar-refractivity contribution in [2.75, 3.05) is 0 Å². The summed E-state index contributed by atoms with van der Waals surface area (Å²) in [7, 11) is 0. The molecule has 2 heterocycles. The van der Waals surface area contributed by atoms with Crippen molar-refractivity contribution < 1.29 is 4.79 Å². The number of nitrogens with zero attached hydrogens (tertiary/aromatic N) is 1. The lowest BCUT2D eigenvalue weighted by atomic mass is 10.2. The van der Waals surface area contributed by atoms with Gasteiger partial charge in [0.05, 0.1) is 25.2 Å². The van der Waals surface area contributed by atoms with Crippen LogP contribution in [0.4, 0.5) is 0 Å². The summed E-state index contributed by atoms with van der Waals surface area (Å²) in [5, 5.41) is 5.93. The van der Waals surface area contributed by atoms with Crippen LogP contribution in [0.2, 0.25) is 0 Å². The average Bonchev–Trinajstić information content (AvgIpc) is 2.84. The van der Waals surface area contributed by atoms with E-state index in [1.165, 1.54) is 0 Å². The van der Waals surface area contributed by atoms with Crippen molar-refractivity contribution in [1.29, 1.82) is 0 Å². The minimum Gasteiger partial charge on any atom is -0.345 e. The Kier molecular flexibility index (Phi) is 4.39. The maximum Gasteiger partial charge on any atom is 0.252 e. The molecule has 0 saturated carbocycles. The number of aromatic nitrogens is 1. The first-order valence-electron chi connectivity index (χ1n) is 5.46. The van der Waals surface area contributed by atoms with E-state index in [9.17, 15) is 4.79 Å².